The molecule has 1 heterocycles. The lowest BCUT2D eigenvalue weighted by Gasteiger charge is -1.92. The largest absolute Gasteiger partial charge is 0.311 e. The maximum Gasteiger partial charge on any atom is 0.0962 e. The summed E-state index contributed by atoms with van der Waals surface area (Å²) >= 11 is 0. The number of H-pyrrole nitrogens is 1. The molecule has 0 radical (unpaired) electrons. The van der Waals surface area contributed by atoms with Crippen LogP contribution in [0.5, 0.6) is 0 Å². The van der Waals surface area contributed by atoms with Crippen molar-refractivity contribution >= 4 is 0 Å². The van der Waals surface area contributed by atoms with Gasteiger partial charge in [-0.25, -0.2) is 0 Å². The molecule has 4 heteroatoms. The summed E-state index contributed by atoms with van der Waals surface area (Å²) < 4.78 is 0. The van der Waals surface area contributed by atoms with Gasteiger partial charge in [0.25, 0.3) is 0 Å². The van der Waals surface area contributed by atoms with Crippen molar-refractivity contribution < 1.29 is 0 Å². The number of aromatic nitrogens is 3. The molecule has 0 spiro atoms. The molecule has 1 rings (SSSR count). The SMILES string of the molecule is CCNCc1cn[nH]n1. The van der Waals surface area contributed by atoms with Gasteiger partial charge in [-0.15, -0.1) is 0 Å². The Bertz CT molecular complexity index is 146. The van der Waals surface area contributed by atoms with Crippen LogP contribution in [-0.4, -0.2) is 22.0 Å². The zero-order chi connectivity index (χ0) is 6.53. The molecule has 2 N–H and O–H groups in total. The monoisotopic (exact) mass is 126 g/mol. The van der Waals surface area contributed by atoms with Crippen molar-refractivity contribution in [1.82, 2.24) is 20.7 Å². The summed E-state index contributed by atoms with van der Waals surface area (Å²) in [7, 11) is 0. The Hall–Kier alpha value is -0.900. The molecular weight excluding hydrogens is 116 g/mol. The highest BCUT2D eigenvalue weighted by molar-refractivity contribution is 4.88. The van der Waals surface area contributed by atoms with Gasteiger partial charge in [0.1, 0.15) is 0 Å². The third-order valence-electron chi connectivity index (χ3n) is 1.02. The highest BCUT2D eigenvalue weighted by Gasteiger charge is 1.90. The smallest absolute Gasteiger partial charge is 0.0962 e. The van der Waals surface area contributed by atoms with Crippen LogP contribution in [0.4, 0.5) is 0 Å². The summed E-state index contributed by atoms with van der Waals surface area (Å²) in [6.45, 7) is 3.82. The zero-order valence-electron chi connectivity index (χ0n) is 5.39. The van der Waals surface area contributed by atoms with Gasteiger partial charge in [-0.1, -0.05) is 6.92 Å². The molecule has 0 atom stereocenters. The van der Waals surface area contributed by atoms with Gasteiger partial charge >= 0.3 is 0 Å². The van der Waals surface area contributed by atoms with Crippen molar-refractivity contribution in [3.63, 3.8) is 0 Å². The fourth-order valence-corrected chi connectivity index (χ4v) is 0.564. The van der Waals surface area contributed by atoms with Gasteiger partial charge < -0.3 is 5.32 Å². The molecule has 0 aliphatic heterocycles. The van der Waals surface area contributed by atoms with E-state index in [0.29, 0.717) is 0 Å². The van der Waals surface area contributed by atoms with Crippen LogP contribution in [0.15, 0.2) is 6.20 Å². The van der Waals surface area contributed by atoms with Gasteiger partial charge in [-0.3, -0.25) is 0 Å². The molecule has 4 nitrogen and oxygen atoms in total. The molecule has 0 fully saturated rings. The van der Waals surface area contributed by atoms with E-state index in [-0.39, 0.29) is 0 Å². The van der Waals surface area contributed by atoms with E-state index in [2.05, 4.69) is 27.7 Å². The van der Waals surface area contributed by atoms with Gasteiger partial charge in [0.15, 0.2) is 0 Å². The lowest BCUT2D eigenvalue weighted by atomic mass is 10.5. The van der Waals surface area contributed by atoms with E-state index in [9.17, 15) is 0 Å². The topological polar surface area (TPSA) is 53.6 Å². The molecule has 0 aliphatic rings. The van der Waals surface area contributed by atoms with Crippen LogP contribution in [0, 0.1) is 0 Å². The highest BCUT2D eigenvalue weighted by Crippen LogP contribution is 1.84. The maximum atomic E-state index is 3.86. The van der Waals surface area contributed by atoms with Crippen molar-refractivity contribution in [2.24, 2.45) is 0 Å². The number of aromatic amines is 1. The number of rotatable bonds is 3. The summed E-state index contributed by atoms with van der Waals surface area (Å²) in [5.74, 6) is 0. The average molecular weight is 126 g/mol. The van der Waals surface area contributed by atoms with Crippen molar-refractivity contribution in [3.8, 4) is 0 Å². The van der Waals surface area contributed by atoms with E-state index in [4.69, 9.17) is 0 Å². The zero-order valence-corrected chi connectivity index (χ0v) is 5.39. The normalized spacial score (nSPS) is 9.89. The molecule has 1 aromatic rings. The first-order valence-corrected chi connectivity index (χ1v) is 2.99. The first-order valence-electron chi connectivity index (χ1n) is 2.99. The summed E-state index contributed by atoms with van der Waals surface area (Å²) in [4.78, 5) is 0. The molecule has 50 valence electrons. The fourth-order valence-electron chi connectivity index (χ4n) is 0.564. The Kier molecular flexibility index (Phi) is 2.21. The van der Waals surface area contributed by atoms with Gasteiger partial charge in [0.05, 0.1) is 11.9 Å². The molecule has 9 heavy (non-hydrogen) atoms. The predicted octanol–water partition coefficient (Wildman–Crippen LogP) is -0.0858. The Morgan fingerprint density at radius 3 is 3.22 bits per heavy atom. The molecule has 1 aromatic heterocycles. The third kappa shape index (κ3) is 1.81. The quantitative estimate of drug-likeness (QED) is 0.595. The summed E-state index contributed by atoms with van der Waals surface area (Å²) in [5, 5.41) is 13.2. The van der Waals surface area contributed by atoms with Crippen molar-refractivity contribution in [2.45, 2.75) is 13.5 Å². The second-order valence-electron chi connectivity index (χ2n) is 1.74. The Morgan fingerprint density at radius 2 is 2.67 bits per heavy atom. The molecular formula is C5H10N4. The second-order valence-corrected chi connectivity index (χ2v) is 1.74. The highest BCUT2D eigenvalue weighted by atomic mass is 15.3. The summed E-state index contributed by atoms with van der Waals surface area (Å²) in [6.07, 6.45) is 1.71. The van der Waals surface area contributed by atoms with Gasteiger partial charge in [0, 0.05) is 6.54 Å². The summed E-state index contributed by atoms with van der Waals surface area (Å²) in [6, 6.07) is 0. The Labute approximate surface area is 53.7 Å². The number of hydrogen-bond donors (Lipinski definition) is 2. The standard InChI is InChI=1S/C5H10N4/c1-2-6-3-5-4-7-9-8-5/h4,6H,2-3H2,1H3,(H,7,8,9). The lowest BCUT2D eigenvalue weighted by Crippen LogP contribution is -2.11. The van der Waals surface area contributed by atoms with Gasteiger partial charge in [0.2, 0.25) is 0 Å². The van der Waals surface area contributed by atoms with Crippen LogP contribution < -0.4 is 5.32 Å². The van der Waals surface area contributed by atoms with E-state index in [1.165, 1.54) is 0 Å². The minimum absolute atomic E-state index is 0.799. The van der Waals surface area contributed by atoms with Crippen LogP contribution in [-0.2, 0) is 6.54 Å². The van der Waals surface area contributed by atoms with Crippen LogP contribution in [0.25, 0.3) is 0 Å². The van der Waals surface area contributed by atoms with E-state index in [1.807, 2.05) is 0 Å². The first kappa shape index (κ1) is 6.22. The van der Waals surface area contributed by atoms with E-state index < -0.39 is 0 Å². The lowest BCUT2D eigenvalue weighted by molar-refractivity contribution is 0.707. The van der Waals surface area contributed by atoms with Crippen LogP contribution in [0.2, 0.25) is 0 Å². The minimum Gasteiger partial charge on any atom is -0.311 e. The van der Waals surface area contributed by atoms with Gasteiger partial charge in [-0.2, -0.15) is 15.4 Å². The third-order valence-corrected chi connectivity index (χ3v) is 1.02. The number of hydrogen-bond acceptors (Lipinski definition) is 3. The second kappa shape index (κ2) is 3.19. The molecule has 0 amide bonds. The van der Waals surface area contributed by atoms with Crippen molar-refractivity contribution in [2.75, 3.05) is 6.54 Å². The average Bonchev–Trinajstić information content (AvgIpc) is 2.34. The van der Waals surface area contributed by atoms with E-state index in [0.717, 1.165) is 18.8 Å². The Balaban J connectivity index is 2.30. The molecule has 0 bridgehead atoms. The van der Waals surface area contributed by atoms with E-state index >= 15 is 0 Å². The Morgan fingerprint density at radius 1 is 1.78 bits per heavy atom. The molecule has 0 saturated carbocycles. The first-order chi connectivity index (χ1) is 4.43. The fraction of sp³-hybridized carbons (Fsp3) is 0.600. The van der Waals surface area contributed by atoms with Crippen LogP contribution in [0.3, 0.4) is 0 Å². The van der Waals surface area contributed by atoms with Crippen LogP contribution in [0.1, 0.15) is 12.6 Å². The summed E-state index contributed by atoms with van der Waals surface area (Å²) in [5.41, 5.74) is 0.955. The van der Waals surface area contributed by atoms with Gasteiger partial charge in [-0.05, 0) is 6.54 Å². The van der Waals surface area contributed by atoms with E-state index in [1.54, 1.807) is 6.20 Å². The van der Waals surface area contributed by atoms with Crippen LogP contribution >= 0.6 is 0 Å². The maximum absolute atomic E-state index is 3.86. The molecule has 0 aromatic carbocycles. The molecule has 0 unspecified atom stereocenters. The number of nitrogens with one attached hydrogen (secondary N) is 2. The minimum atomic E-state index is 0.799. The number of nitrogens with zero attached hydrogens (tertiary/aromatic N) is 2. The molecule has 0 aliphatic carbocycles. The molecule has 0 saturated heterocycles. The van der Waals surface area contributed by atoms with Crippen molar-refractivity contribution in [3.05, 3.63) is 11.9 Å². The van der Waals surface area contributed by atoms with Crippen molar-refractivity contribution in [1.29, 1.82) is 0 Å². The predicted molar refractivity (Wildman–Crippen MR) is 33.8 cm³/mol.